The summed E-state index contributed by atoms with van der Waals surface area (Å²) in [5.74, 6) is 1.99. The molecule has 6 aromatic rings. The lowest BCUT2D eigenvalue weighted by molar-refractivity contribution is 0.417. The largest absolute Gasteiger partial charge is 0.455 e. The van der Waals surface area contributed by atoms with Crippen LogP contribution in [0.2, 0.25) is 0 Å². The first-order valence-corrected chi connectivity index (χ1v) is 10.6. The van der Waals surface area contributed by atoms with Gasteiger partial charge in [-0.25, -0.2) is 4.98 Å². The molecule has 5 nitrogen and oxygen atoms in total. The molecule has 0 fully saturated rings. The maximum absolute atomic E-state index is 6.16. The molecule has 3 aromatic carbocycles. The minimum atomic E-state index is 0.398. The molecule has 0 N–H and O–H groups in total. The summed E-state index contributed by atoms with van der Waals surface area (Å²) in [7, 11) is 0. The van der Waals surface area contributed by atoms with Gasteiger partial charge in [-0.15, -0.1) is 0 Å². The first kappa shape index (κ1) is 19.1. The summed E-state index contributed by atoms with van der Waals surface area (Å²) < 4.78 is 17.9. The first-order chi connectivity index (χ1) is 16.3. The summed E-state index contributed by atoms with van der Waals surface area (Å²) >= 11 is 0. The zero-order valence-electron chi connectivity index (χ0n) is 17.5. The summed E-state index contributed by atoms with van der Waals surface area (Å²) in [4.78, 5) is 9.15. The van der Waals surface area contributed by atoms with Gasteiger partial charge in [0.2, 0.25) is 17.6 Å². The highest BCUT2D eigenvalue weighted by Gasteiger charge is 2.13. The van der Waals surface area contributed by atoms with Crippen molar-refractivity contribution in [2.24, 2.45) is 0 Å². The standard InChI is InChI=1S/C28H18N2O3/c1-2-9-19(10-3-1)31-26-17-8-18-27(30-26)33-25-16-7-14-23(29-25)22-13-6-12-21-20-11-4-5-15-24(20)32-28(21)22/h1-18H. The number of ether oxygens (including phenoxy) is 2. The molecule has 0 aliphatic rings. The van der Waals surface area contributed by atoms with Crippen molar-refractivity contribution in [2.75, 3.05) is 0 Å². The van der Waals surface area contributed by atoms with E-state index in [2.05, 4.69) is 17.1 Å². The second-order valence-corrected chi connectivity index (χ2v) is 7.47. The van der Waals surface area contributed by atoms with Gasteiger partial charge in [0.1, 0.15) is 16.9 Å². The Morgan fingerprint density at radius 1 is 0.515 bits per heavy atom. The number of fused-ring (bicyclic) bond motifs is 3. The van der Waals surface area contributed by atoms with Gasteiger partial charge in [-0.3, -0.25) is 0 Å². The smallest absolute Gasteiger partial charge is 0.224 e. The summed E-state index contributed by atoms with van der Waals surface area (Å²) in [6, 6.07) is 34.6. The molecule has 0 bridgehead atoms. The number of rotatable bonds is 5. The summed E-state index contributed by atoms with van der Waals surface area (Å²) in [6.07, 6.45) is 0. The monoisotopic (exact) mass is 430 g/mol. The van der Waals surface area contributed by atoms with E-state index >= 15 is 0 Å². The van der Waals surface area contributed by atoms with Gasteiger partial charge >= 0.3 is 0 Å². The maximum Gasteiger partial charge on any atom is 0.224 e. The van der Waals surface area contributed by atoms with Crippen LogP contribution in [0.5, 0.6) is 23.4 Å². The van der Waals surface area contributed by atoms with Crippen LogP contribution in [0.3, 0.4) is 0 Å². The Kier molecular flexibility index (Phi) is 4.70. The molecule has 0 spiro atoms. The molecule has 0 saturated heterocycles. The number of hydrogen-bond acceptors (Lipinski definition) is 5. The zero-order valence-corrected chi connectivity index (χ0v) is 17.5. The quantitative estimate of drug-likeness (QED) is 0.281. The molecule has 0 saturated carbocycles. The molecule has 0 atom stereocenters. The summed E-state index contributed by atoms with van der Waals surface area (Å²) in [5, 5.41) is 2.14. The minimum Gasteiger partial charge on any atom is -0.455 e. The van der Waals surface area contributed by atoms with Crippen LogP contribution in [0.25, 0.3) is 33.2 Å². The van der Waals surface area contributed by atoms with Crippen molar-refractivity contribution in [1.82, 2.24) is 9.97 Å². The number of para-hydroxylation sites is 3. The molecule has 0 radical (unpaired) electrons. The zero-order chi connectivity index (χ0) is 22.0. The molecule has 0 aliphatic heterocycles. The molecule has 5 heteroatoms. The van der Waals surface area contributed by atoms with E-state index < -0.39 is 0 Å². The lowest BCUT2D eigenvalue weighted by Gasteiger charge is -2.08. The number of hydrogen-bond donors (Lipinski definition) is 0. The third-order valence-corrected chi connectivity index (χ3v) is 5.28. The molecule has 3 heterocycles. The van der Waals surface area contributed by atoms with Gasteiger partial charge < -0.3 is 13.9 Å². The number of pyridine rings is 2. The normalized spacial score (nSPS) is 11.0. The summed E-state index contributed by atoms with van der Waals surface area (Å²) in [5.41, 5.74) is 3.32. The van der Waals surface area contributed by atoms with Crippen LogP contribution < -0.4 is 9.47 Å². The van der Waals surface area contributed by atoms with Gasteiger partial charge in [0.05, 0.1) is 5.69 Å². The predicted octanol–water partition coefficient (Wildman–Crippen LogP) is 7.63. The van der Waals surface area contributed by atoms with Crippen molar-refractivity contribution in [3.05, 3.63) is 109 Å². The van der Waals surface area contributed by atoms with Crippen molar-refractivity contribution >= 4 is 21.9 Å². The van der Waals surface area contributed by atoms with Gasteiger partial charge in [-0.1, -0.05) is 60.7 Å². The van der Waals surface area contributed by atoms with E-state index in [-0.39, 0.29) is 0 Å². The Morgan fingerprint density at radius 2 is 1.18 bits per heavy atom. The van der Waals surface area contributed by atoms with Crippen LogP contribution in [-0.2, 0) is 0 Å². The topological polar surface area (TPSA) is 57.4 Å². The average molecular weight is 430 g/mol. The lowest BCUT2D eigenvalue weighted by Crippen LogP contribution is -1.94. The van der Waals surface area contributed by atoms with Crippen molar-refractivity contribution < 1.29 is 13.9 Å². The van der Waals surface area contributed by atoms with Crippen LogP contribution >= 0.6 is 0 Å². The van der Waals surface area contributed by atoms with E-state index in [4.69, 9.17) is 18.9 Å². The molecule has 0 aliphatic carbocycles. The molecule has 0 unspecified atom stereocenters. The fourth-order valence-corrected chi connectivity index (χ4v) is 3.80. The van der Waals surface area contributed by atoms with Crippen LogP contribution in [0.15, 0.2) is 114 Å². The SMILES string of the molecule is c1ccc(Oc2cccc(Oc3cccc(-c4cccc5c4oc4ccccc45)n3)n2)cc1. The first-order valence-electron chi connectivity index (χ1n) is 10.6. The van der Waals surface area contributed by atoms with Crippen molar-refractivity contribution in [3.8, 4) is 34.6 Å². The maximum atomic E-state index is 6.16. The van der Waals surface area contributed by atoms with Gasteiger partial charge in [0.25, 0.3) is 0 Å². The third-order valence-electron chi connectivity index (χ3n) is 5.28. The van der Waals surface area contributed by atoms with Crippen LogP contribution in [0.1, 0.15) is 0 Å². The molecule has 6 rings (SSSR count). The number of nitrogens with zero attached hydrogens (tertiary/aromatic N) is 2. The van der Waals surface area contributed by atoms with E-state index in [9.17, 15) is 0 Å². The van der Waals surface area contributed by atoms with Gasteiger partial charge in [-0.2, -0.15) is 4.98 Å². The fraction of sp³-hybridized carbons (Fsp3) is 0. The summed E-state index contributed by atoms with van der Waals surface area (Å²) in [6.45, 7) is 0. The van der Waals surface area contributed by atoms with E-state index in [1.165, 1.54) is 0 Å². The number of aromatic nitrogens is 2. The second kappa shape index (κ2) is 8.13. The van der Waals surface area contributed by atoms with Gasteiger partial charge in [-0.05, 0) is 30.3 Å². The Morgan fingerprint density at radius 3 is 2.06 bits per heavy atom. The molecule has 158 valence electrons. The lowest BCUT2D eigenvalue weighted by atomic mass is 10.1. The molecular weight excluding hydrogens is 412 g/mol. The highest BCUT2D eigenvalue weighted by Crippen LogP contribution is 2.35. The molecule has 33 heavy (non-hydrogen) atoms. The van der Waals surface area contributed by atoms with Crippen molar-refractivity contribution in [3.63, 3.8) is 0 Å². The Bertz CT molecular complexity index is 1570. The van der Waals surface area contributed by atoms with Crippen LogP contribution in [-0.4, -0.2) is 9.97 Å². The highest BCUT2D eigenvalue weighted by atomic mass is 16.5. The predicted molar refractivity (Wildman–Crippen MR) is 128 cm³/mol. The van der Waals surface area contributed by atoms with Gasteiger partial charge in [0, 0.05) is 34.5 Å². The van der Waals surface area contributed by atoms with Crippen LogP contribution in [0.4, 0.5) is 0 Å². The molecule has 3 aromatic heterocycles. The minimum absolute atomic E-state index is 0.398. The van der Waals surface area contributed by atoms with E-state index in [0.717, 1.165) is 33.2 Å². The highest BCUT2D eigenvalue weighted by molar-refractivity contribution is 6.09. The van der Waals surface area contributed by atoms with E-state index in [1.54, 1.807) is 18.2 Å². The van der Waals surface area contributed by atoms with Gasteiger partial charge in [0.15, 0.2) is 0 Å². The number of furan rings is 1. The van der Waals surface area contributed by atoms with E-state index in [1.807, 2.05) is 78.9 Å². The van der Waals surface area contributed by atoms with E-state index in [0.29, 0.717) is 23.4 Å². The Balaban J connectivity index is 1.32. The third kappa shape index (κ3) is 3.77. The Hall–Kier alpha value is -4.64. The number of benzene rings is 3. The average Bonchev–Trinajstić information content (AvgIpc) is 3.24. The van der Waals surface area contributed by atoms with Crippen molar-refractivity contribution in [1.29, 1.82) is 0 Å². The van der Waals surface area contributed by atoms with Crippen LogP contribution in [0, 0.1) is 0 Å². The molecule has 0 amide bonds. The fourth-order valence-electron chi connectivity index (χ4n) is 3.80. The molecular formula is C28H18N2O3. The Labute approximate surface area is 189 Å². The second-order valence-electron chi connectivity index (χ2n) is 7.47. The van der Waals surface area contributed by atoms with Crippen molar-refractivity contribution in [2.45, 2.75) is 0 Å².